The van der Waals surface area contributed by atoms with Crippen molar-refractivity contribution in [2.45, 2.75) is 64.0 Å². The molecule has 2 atom stereocenters. The molecule has 0 spiro atoms. The molecule has 1 aromatic rings. The molecule has 1 saturated carbocycles. The van der Waals surface area contributed by atoms with E-state index in [-0.39, 0.29) is 12.1 Å². The van der Waals surface area contributed by atoms with Crippen LogP contribution in [0.1, 0.15) is 38.3 Å². The third-order valence-electron chi connectivity index (χ3n) is 3.78. The maximum atomic E-state index is 12.2. The average molecular weight is 305 g/mol. The second-order valence-electron chi connectivity index (χ2n) is 5.43. The zero-order chi connectivity index (χ0) is 15.3. The van der Waals surface area contributed by atoms with Crippen LogP contribution in [0, 0.1) is 0 Å². The van der Waals surface area contributed by atoms with Gasteiger partial charge in [0.15, 0.2) is 0 Å². The third-order valence-corrected chi connectivity index (χ3v) is 3.78. The second-order valence-corrected chi connectivity index (χ2v) is 5.43. The molecule has 0 saturated heterocycles. The molecule has 2 rings (SSSR count). The Bertz CT molecular complexity index is 433. The van der Waals surface area contributed by atoms with E-state index in [4.69, 9.17) is 4.74 Å². The Morgan fingerprint density at radius 1 is 1.43 bits per heavy atom. The maximum Gasteiger partial charge on any atom is 0.411 e. The zero-order valence-corrected chi connectivity index (χ0v) is 12.2. The number of ether oxygens (including phenoxy) is 1. The van der Waals surface area contributed by atoms with Gasteiger partial charge < -0.3 is 10.1 Å². The summed E-state index contributed by atoms with van der Waals surface area (Å²) in [6.45, 7) is 2.38. The molecule has 1 aromatic heterocycles. The quantitative estimate of drug-likeness (QED) is 0.878. The summed E-state index contributed by atoms with van der Waals surface area (Å²) >= 11 is 0. The van der Waals surface area contributed by atoms with Crippen molar-refractivity contribution >= 4 is 0 Å². The SMILES string of the molecule is CCn1nccc1CNC1CCCC(OCC(F)(F)F)C1. The van der Waals surface area contributed by atoms with E-state index in [0.29, 0.717) is 19.4 Å². The first kappa shape index (κ1) is 16.3. The molecular weight excluding hydrogens is 283 g/mol. The van der Waals surface area contributed by atoms with Crippen molar-refractivity contribution in [1.29, 1.82) is 0 Å². The lowest BCUT2D eigenvalue weighted by molar-refractivity contribution is -0.188. The van der Waals surface area contributed by atoms with Crippen LogP contribution in [0.3, 0.4) is 0 Å². The molecule has 0 bridgehead atoms. The van der Waals surface area contributed by atoms with E-state index in [1.807, 2.05) is 17.7 Å². The van der Waals surface area contributed by atoms with Gasteiger partial charge in [-0.3, -0.25) is 4.68 Å². The van der Waals surface area contributed by atoms with Crippen LogP contribution >= 0.6 is 0 Å². The summed E-state index contributed by atoms with van der Waals surface area (Å²) in [5.41, 5.74) is 1.09. The van der Waals surface area contributed by atoms with Gasteiger partial charge in [0.1, 0.15) is 6.61 Å². The van der Waals surface area contributed by atoms with Crippen LogP contribution in [0.15, 0.2) is 12.3 Å². The van der Waals surface area contributed by atoms with Crippen molar-refractivity contribution < 1.29 is 17.9 Å². The van der Waals surface area contributed by atoms with Gasteiger partial charge in [-0.2, -0.15) is 18.3 Å². The van der Waals surface area contributed by atoms with Gasteiger partial charge in [-0.25, -0.2) is 0 Å². The van der Waals surface area contributed by atoms with Gasteiger partial charge in [-0.1, -0.05) is 0 Å². The van der Waals surface area contributed by atoms with E-state index in [1.54, 1.807) is 6.20 Å². The van der Waals surface area contributed by atoms with Crippen molar-refractivity contribution in [2.75, 3.05) is 6.61 Å². The number of halogens is 3. The van der Waals surface area contributed by atoms with Crippen LogP contribution in [0.5, 0.6) is 0 Å². The zero-order valence-electron chi connectivity index (χ0n) is 12.2. The summed E-state index contributed by atoms with van der Waals surface area (Å²) in [5, 5.41) is 7.60. The summed E-state index contributed by atoms with van der Waals surface area (Å²) in [4.78, 5) is 0. The second kappa shape index (κ2) is 7.26. The molecule has 1 aliphatic rings. The molecule has 4 nitrogen and oxygen atoms in total. The lowest BCUT2D eigenvalue weighted by Crippen LogP contribution is -2.38. The Hall–Kier alpha value is -1.08. The molecule has 0 amide bonds. The normalized spacial score (nSPS) is 23.4. The van der Waals surface area contributed by atoms with Gasteiger partial charge in [0.2, 0.25) is 0 Å². The van der Waals surface area contributed by atoms with Crippen LogP contribution < -0.4 is 5.32 Å². The minimum Gasteiger partial charge on any atom is -0.369 e. The number of aromatic nitrogens is 2. The van der Waals surface area contributed by atoms with E-state index in [0.717, 1.165) is 25.1 Å². The molecule has 21 heavy (non-hydrogen) atoms. The smallest absolute Gasteiger partial charge is 0.369 e. The molecule has 0 aliphatic heterocycles. The Morgan fingerprint density at radius 2 is 2.24 bits per heavy atom. The van der Waals surface area contributed by atoms with Gasteiger partial charge >= 0.3 is 6.18 Å². The van der Waals surface area contributed by atoms with E-state index >= 15 is 0 Å². The minimum absolute atomic E-state index is 0.206. The summed E-state index contributed by atoms with van der Waals surface area (Å²) < 4.78 is 43.4. The Labute approximate surface area is 122 Å². The van der Waals surface area contributed by atoms with Crippen molar-refractivity contribution in [3.63, 3.8) is 0 Å². The molecule has 0 radical (unpaired) electrons. The third kappa shape index (κ3) is 5.32. The van der Waals surface area contributed by atoms with E-state index in [2.05, 4.69) is 10.4 Å². The fraction of sp³-hybridized carbons (Fsp3) is 0.786. The summed E-state index contributed by atoms with van der Waals surface area (Å²) in [7, 11) is 0. The van der Waals surface area contributed by atoms with E-state index < -0.39 is 12.8 Å². The first-order valence-corrected chi connectivity index (χ1v) is 7.40. The maximum absolute atomic E-state index is 12.2. The van der Waals surface area contributed by atoms with E-state index in [1.165, 1.54) is 0 Å². The number of alkyl halides is 3. The standard InChI is InChI=1S/C14H22F3N3O/c1-2-20-12(6-7-19-20)9-18-11-4-3-5-13(8-11)21-10-14(15,16)17/h6-7,11,13,18H,2-5,8-10H2,1H3. The molecule has 1 aliphatic carbocycles. The summed E-state index contributed by atoms with van der Waals surface area (Å²) in [6.07, 6.45) is 0.440. The molecular formula is C14H22F3N3O. The van der Waals surface area contributed by atoms with Crippen LogP contribution in [-0.2, 0) is 17.8 Å². The van der Waals surface area contributed by atoms with Crippen LogP contribution in [0.25, 0.3) is 0 Å². The van der Waals surface area contributed by atoms with Crippen molar-refractivity contribution in [3.8, 4) is 0 Å². The van der Waals surface area contributed by atoms with E-state index in [9.17, 15) is 13.2 Å². The number of aryl methyl sites for hydroxylation is 1. The van der Waals surface area contributed by atoms with Gasteiger partial charge in [0.25, 0.3) is 0 Å². The molecule has 0 aromatic carbocycles. The summed E-state index contributed by atoms with van der Waals surface area (Å²) in [6, 6.07) is 2.16. The summed E-state index contributed by atoms with van der Waals surface area (Å²) in [5.74, 6) is 0. The molecule has 120 valence electrons. The lowest BCUT2D eigenvalue weighted by Gasteiger charge is -2.30. The van der Waals surface area contributed by atoms with Crippen molar-refractivity contribution in [2.24, 2.45) is 0 Å². The Balaban J connectivity index is 1.76. The largest absolute Gasteiger partial charge is 0.411 e. The Morgan fingerprint density at radius 3 is 2.95 bits per heavy atom. The first-order chi connectivity index (χ1) is 9.98. The average Bonchev–Trinajstić information content (AvgIpc) is 2.90. The van der Waals surface area contributed by atoms with Gasteiger partial charge in [0, 0.05) is 25.3 Å². The molecule has 1 fully saturated rings. The highest BCUT2D eigenvalue weighted by atomic mass is 19.4. The van der Waals surface area contributed by atoms with Gasteiger partial charge in [-0.15, -0.1) is 0 Å². The van der Waals surface area contributed by atoms with Crippen LogP contribution in [0.4, 0.5) is 13.2 Å². The minimum atomic E-state index is -4.24. The molecule has 1 N–H and O–H groups in total. The number of hydrogen-bond acceptors (Lipinski definition) is 3. The number of nitrogens with zero attached hydrogens (tertiary/aromatic N) is 2. The highest BCUT2D eigenvalue weighted by molar-refractivity contribution is 5.00. The lowest BCUT2D eigenvalue weighted by atomic mass is 9.93. The molecule has 1 heterocycles. The first-order valence-electron chi connectivity index (χ1n) is 7.40. The van der Waals surface area contributed by atoms with Crippen molar-refractivity contribution in [1.82, 2.24) is 15.1 Å². The van der Waals surface area contributed by atoms with Crippen LogP contribution in [0.2, 0.25) is 0 Å². The molecule has 2 unspecified atom stereocenters. The Kier molecular flexibility index (Phi) is 5.64. The monoisotopic (exact) mass is 305 g/mol. The fourth-order valence-electron chi connectivity index (χ4n) is 2.74. The fourth-order valence-corrected chi connectivity index (χ4v) is 2.74. The number of hydrogen-bond donors (Lipinski definition) is 1. The van der Waals surface area contributed by atoms with Gasteiger partial charge in [-0.05, 0) is 38.7 Å². The highest BCUT2D eigenvalue weighted by Crippen LogP contribution is 2.24. The van der Waals surface area contributed by atoms with Crippen LogP contribution in [-0.4, -0.2) is 34.7 Å². The van der Waals surface area contributed by atoms with Gasteiger partial charge in [0.05, 0.1) is 11.8 Å². The predicted molar refractivity (Wildman–Crippen MR) is 72.8 cm³/mol. The highest BCUT2D eigenvalue weighted by Gasteiger charge is 2.31. The predicted octanol–water partition coefficient (Wildman–Crippen LogP) is 2.88. The molecule has 7 heteroatoms. The van der Waals surface area contributed by atoms with Crippen molar-refractivity contribution in [3.05, 3.63) is 18.0 Å². The number of nitrogens with one attached hydrogen (secondary N) is 1. The topological polar surface area (TPSA) is 39.1 Å². The number of rotatable bonds is 6.